The number of hydrogen-bond acceptors (Lipinski definition) is 1. The summed E-state index contributed by atoms with van der Waals surface area (Å²) in [6.07, 6.45) is 9.10. The van der Waals surface area contributed by atoms with Gasteiger partial charge in [0.1, 0.15) is 0 Å². The molecular weight excluding hydrogens is 196 g/mol. The number of hydrogen-bond donors (Lipinski definition) is 0. The van der Waals surface area contributed by atoms with Crippen LogP contribution in [-0.4, -0.2) is 11.7 Å². The lowest BCUT2D eigenvalue weighted by Gasteiger charge is -2.23. The van der Waals surface area contributed by atoms with Gasteiger partial charge in [-0.3, -0.25) is 4.79 Å². The van der Waals surface area contributed by atoms with Crippen LogP contribution in [-0.2, 0) is 4.79 Å². The van der Waals surface area contributed by atoms with Gasteiger partial charge in [0.2, 0.25) is 0 Å². The Labute approximate surface area is 91.2 Å². The monoisotopic (exact) mass is 214 g/mol. The Hall–Kier alpha value is -0.0400. The van der Waals surface area contributed by atoms with Crippen molar-refractivity contribution in [2.24, 2.45) is 17.8 Å². The Morgan fingerprint density at radius 1 is 1.07 bits per heavy atom. The average molecular weight is 215 g/mol. The van der Waals surface area contributed by atoms with Crippen molar-refractivity contribution in [3.63, 3.8) is 0 Å². The maximum atomic E-state index is 11.6. The van der Waals surface area contributed by atoms with Gasteiger partial charge in [-0.2, -0.15) is 0 Å². The van der Waals surface area contributed by atoms with Crippen molar-refractivity contribution in [2.45, 2.75) is 44.9 Å². The van der Waals surface area contributed by atoms with Crippen LogP contribution in [0.5, 0.6) is 0 Å². The number of Topliss-reactive ketones (excluding diaryl/α,β-unsaturated/α-hetero) is 1. The van der Waals surface area contributed by atoms with Gasteiger partial charge in [0, 0.05) is 5.92 Å². The van der Waals surface area contributed by atoms with Crippen LogP contribution in [0.25, 0.3) is 0 Å². The van der Waals surface area contributed by atoms with Crippen molar-refractivity contribution in [3.05, 3.63) is 0 Å². The Morgan fingerprint density at radius 2 is 1.79 bits per heavy atom. The molecule has 2 atom stereocenters. The average Bonchev–Trinajstić information content (AvgIpc) is 2.85. The fourth-order valence-corrected chi connectivity index (χ4v) is 3.64. The second-order valence-corrected chi connectivity index (χ2v) is 5.11. The first kappa shape index (κ1) is 10.5. The van der Waals surface area contributed by atoms with Gasteiger partial charge in [-0.1, -0.05) is 32.1 Å². The van der Waals surface area contributed by atoms with Crippen LogP contribution in [0.3, 0.4) is 0 Å². The summed E-state index contributed by atoms with van der Waals surface area (Å²) in [6.45, 7) is 0. The molecule has 0 N–H and O–H groups in total. The van der Waals surface area contributed by atoms with Gasteiger partial charge in [-0.25, -0.2) is 0 Å². The van der Waals surface area contributed by atoms with Crippen LogP contribution < -0.4 is 0 Å². The van der Waals surface area contributed by atoms with Crippen molar-refractivity contribution < 1.29 is 4.79 Å². The minimum absolute atomic E-state index is 0.230. The van der Waals surface area contributed by atoms with Crippen molar-refractivity contribution in [1.82, 2.24) is 0 Å². The van der Waals surface area contributed by atoms with Crippen LogP contribution in [0.15, 0.2) is 0 Å². The fourth-order valence-electron chi connectivity index (χ4n) is 3.44. The summed E-state index contributed by atoms with van der Waals surface area (Å²) in [5.41, 5.74) is 0. The number of alkyl halides is 1. The number of rotatable bonds is 3. The van der Waals surface area contributed by atoms with Gasteiger partial charge in [-0.15, -0.1) is 11.6 Å². The highest BCUT2D eigenvalue weighted by Gasteiger charge is 2.37. The van der Waals surface area contributed by atoms with Crippen LogP contribution in [0.2, 0.25) is 0 Å². The van der Waals surface area contributed by atoms with E-state index in [1.54, 1.807) is 0 Å². The summed E-state index contributed by atoms with van der Waals surface area (Å²) < 4.78 is 0. The number of ketones is 1. The summed E-state index contributed by atoms with van der Waals surface area (Å²) in [4.78, 5) is 11.6. The maximum absolute atomic E-state index is 11.6. The first-order valence-electron chi connectivity index (χ1n) is 5.91. The van der Waals surface area contributed by atoms with Gasteiger partial charge in [0.05, 0.1) is 5.88 Å². The lowest BCUT2D eigenvalue weighted by Crippen LogP contribution is -2.24. The van der Waals surface area contributed by atoms with E-state index < -0.39 is 0 Å². The van der Waals surface area contributed by atoms with Crippen LogP contribution in [0.4, 0.5) is 0 Å². The second-order valence-electron chi connectivity index (χ2n) is 4.85. The molecule has 0 aliphatic heterocycles. The van der Waals surface area contributed by atoms with E-state index in [1.165, 1.54) is 38.5 Å². The quantitative estimate of drug-likeness (QED) is 0.659. The smallest absolute Gasteiger partial charge is 0.150 e. The summed E-state index contributed by atoms with van der Waals surface area (Å²) in [5, 5.41) is 0. The van der Waals surface area contributed by atoms with Crippen molar-refractivity contribution in [2.75, 3.05) is 5.88 Å². The molecule has 0 spiro atoms. The molecule has 2 heteroatoms. The third kappa shape index (κ3) is 1.98. The minimum atomic E-state index is 0.230. The number of halogens is 1. The molecule has 0 amide bonds. The third-order valence-corrected chi connectivity index (χ3v) is 4.38. The molecule has 14 heavy (non-hydrogen) atoms. The van der Waals surface area contributed by atoms with E-state index in [4.69, 9.17) is 11.6 Å². The highest BCUT2D eigenvalue weighted by atomic mass is 35.5. The molecule has 2 rings (SSSR count). The van der Waals surface area contributed by atoms with E-state index >= 15 is 0 Å². The Kier molecular flexibility index (Phi) is 3.48. The zero-order valence-electron chi connectivity index (χ0n) is 8.68. The lowest BCUT2D eigenvalue weighted by atomic mass is 9.81. The molecule has 80 valence electrons. The van der Waals surface area contributed by atoms with E-state index in [9.17, 15) is 4.79 Å². The molecular formula is C12H19ClO. The molecule has 2 aliphatic rings. The van der Waals surface area contributed by atoms with E-state index in [0.29, 0.717) is 17.6 Å². The van der Waals surface area contributed by atoms with Crippen molar-refractivity contribution >= 4 is 17.4 Å². The summed E-state index contributed by atoms with van der Waals surface area (Å²) in [6, 6.07) is 0. The highest BCUT2D eigenvalue weighted by molar-refractivity contribution is 6.27. The molecule has 2 fully saturated rings. The second kappa shape index (κ2) is 4.65. The van der Waals surface area contributed by atoms with Crippen LogP contribution >= 0.6 is 11.6 Å². The lowest BCUT2D eigenvalue weighted by molar-refractivity contribution is -0.122. The Bertz CT molecular complexity index is 208. The van der Waals surface area contributed by atoms with Gasteiger partial charge in [0.15, 0.2) is 5.78 Å². The zero-order chi connectivity index (χ0) is 9.97. The van der Waals surface area contributed by atoms with E-state index in [2.05, 4.69) is 0 Å². The first-order chi connectivity index (χ1) is 6.83. The summed E-state index contributed by atoms with van der Waals surface area (Å²) in [7, 11) is 0. The van der Waals surface area contributed by atoms with E-state index in [-0.39, 0.29) is 5.88 Å². The van der Waals surface area contributed by atoms with Gasteiger partial charge in [-0.05, 0) is 24.7 Å². The van der Waals surface area contributed by atoms with Crippen molar-refractivity contribution in [3.8, 4) is 0 Å². The zero-order valence-corrected chi connectivity index (χ0v) is 9.43. The Morgan fingerprint density at radius 3 is 2.43 bits per heavy atom. The molecule has 0 heterocycles. The SMILES string of the molecule is O=C(CCl)[C@@H]1CCCC1C1CCCC1. The Balaban J connectivity index is 1.98. The van der Waals surface area contributed by atoms with Crippen LogP contribution in [0.1, 0.15) is 44.9 Å². The third-order valence-electron chi connectivity index (χ3n) is 4.12. The molecule has 1 nitrogen and oxygen atoms in total. The van der Waals surface area contributed by atoms with Crippen LogP contribution in [0, 0.1) is 17.8 Å². The minimum Gasteiger partial charge on any atom is -0.298 e. The molecule has 0 radical (unpaired) electrons. The normalized spacial score (nSPS) is 33.8. The molecule has 0 aromatic heterocycles. The predicted octanol–water partition coefficient (Wildman–Crippen LogP) is 3.40. The molecule has 2 saturated carbocycles. The molecule has 2 aliphatic carbocycles. The molecule has 0 aromatic rings. The maximum Gasteiger partial charge on any atom is 0.150 e. The summed E-state index contributed by atoms with van der Waals surface area (Å²) in [5.74, 6) is 2.38. The van der Waals surface area contributed by atoms with Gasteiger partial charge in [0.25, 0.3) is 0 Å². The van der Waals surface area contributed by atoms with Gasteiger partial charge < -0.3 is 0 Å². The number of carbonyl (C=O) groups excluding carboxylic acids is 1. The summed E-state index contributed by atoms with van der Waals surface area (Å²) >= 11 is 5.65. The van der Waals surface area contributed by atoms with E-state index in [0.717, 1.165) is 12.3 Å². The molecule has 0 aromatic carbocycles. The first-order valence-corrected chi connectivity index (χ1v) is 6.45. The number of carbonyl (C=O) groups is 1. The highest BCUT2D eigenvalue weighted by Crippen LogP contribution is 2.44. The topological polar surface area (TPSA) is 17.1 Å². The largest absolute Gasteiger partial charge is 0.298 e. The standard InChI is InChI=1S/C12H19ClO/c13-8-12(14)11-7-3-6-10(11)9-4-1-2-5-9/h9-11H,1-8H2/t10?,11-/m1/s1. The van der Waals surface area contributed by atoms with Gasteiger partial charge >= 0.3 is 0 Å². The molecule has 0 bridgehead atoms. The fraction of sp³-hybridized carbons (Fsp3) is 0.917. The molecule has 1 unspecified atom stereocenters. The predicted molar refractivity (Wildman–Crippen MR) is 58.5 cm³/mol. The molecule has 0 saturated heterocycles. The van der Waals surface area contributed by atoms with E-state index in [1.807, 2.05) is 0 Å². The van der Waals surface area contributed by atoms with Crippen molar-refractivity contribution in [1.29, 1.82) is 0 Å².